The van der Waals surface area contributed by atoms with Crippen LogP contribution in [0.4, 0.5) is 0 Å². The number of aryl methyl sites for hydroxylation is 1. The fourth-order valence-corrected chi connectivity index (χ4v) is 4.00. The Hall–Kier alpha value is -2.35. The highest BCUT2D eigenvalue weighted by atomic mass is 32.2. The van der Waals surface area contributed by atoms with Crippen molar-refractivity contribution >= 4 is 10.0 Å². The zero-order valence-electron chi connectivity index (χ0n) is 15.4. The van der Waals surface area contributed by atoms with E-state index in [1.807, 2.05) is 49.4 Å². The molecular formula is C22H23NO2S. The third-order valence-electron chi connectivity index (χ3n) is 4.55. The number of hydrogen-bond donors (Lipinski definition) is 0. The van der Waals surface area contributed by atoms with Gasteiger partial charge in [-0.25, -0.2) is 8.42 Å². The Morgan fingerprint density at radius 1 is 1.00 bits per heavy atom. The van der Waals surface area contributed by atoms with Crippen LogP contribution in [-0.4, -0.2) is 25.8 Å². The Bertz CT molecular complexity index is 976. The standard InChI is InChI=1S/C22H23NO2S/c1-18-11-13-21(14-12-18)26(24,25)23(17-20-16-22(20,2)3)15-7-10-19-8-5-4-6-9-19/h4-6,8-9,11-14,16H,15,17H2,1-3H3. The lowest BCUT2D eigenvalue weighted by Crippen LogP contribution is -2.33. The number of sulfonamides is 1. The van der Waals surface area contributed by atoms with Crippen molar-refractivity contribution in [1.82, 2.24) is 4.31 Å². The Morgan fingerprint density at radius 3 is 2.19 bits per heavy atom. The number of nitrogens with zero attached hydrogens (tertiary/aromatic N) is 1. The van der Waals surface area contributed by atoms with Crippen molar-refractivity contribution in [2.45, 2.75) is 25.7 Å². The lowest BCUT2D eigenvalue weighted by atomic mass is 10.1. The first-order valence-electron chi connectivity index (χ1n) is 8.62. The number of benzene rings is 2. The molecule has 0 radical (unpaired) electrons. The van der Waals surface area contributed by atoms with E-state index in [0.717, 1.165) is 16.7 Å². The summed E-state index contributed by atoms with van der Waals surface area (Å²) in [5.41, 5.74) is 3.06. The van der Waals surface area contributed by atoms with E-state index in [1.165, 1.54) is 4.31 Å². The monoisotopic (exact) mass is 365 g/mol. The summed E-state index contributed by atoms with van der Waals surface area (Å²) in [5, 5.41) is 0. The van der Waals surface area contributed by atoms with Crippen LogP contribution in [0, 0.1) is 24.2 Å². The van der Waals surface area contributed by atoms with Gasteiger partial charge in [0.25, 0.3) is 0 Å². The van der Waals surface area contributed by atoms with Crippen molar-refractivity contribution in [1.29, 1.82) is 0 Å². The summed E-state index contributed by atoms with van der Waals surface area (Å²) >= 11 is 0. The molecule has 0 N–H and O–H groups in total. The molecule has 26 heavy (non-hydrogen) atoms. The minimum Gasteiger partial charge on any atom is -0.207 e. The molecule has 0 aliphatic heterocycles. The zero-order valence-corrected chi connectivity index (χ0v) is 16.2. The average Bonchev–Trinajstić information content (AvgIpc) is 3.21. The summed E-state index contributed by atoms with van der Waals surface area (Å²) in [5.74, 6) is 6.07. The molecule has 0 amide bonds. The van der Waals surface area contributed by atoms with Gasteiger partial charge in [0.15, 0.2) is 0 Å². The number of hydrogen-bond acceptors (Lipinski definition) is 2. The van der Waals surface area contributed by atoms with E-state index in [0.29, 0.717) is 11.4 Å². The maximum absolute atomic E-state index is 13.1. The van der Waals surface area contributed by atoms with Gasteiger partial charge in [0.05, 0.1) is 11.4 Å². The van der Waals surface area contributed by atoms with Crippen LogP contribution >= 0.6 is 0 Å². The van der Waals surface area contributed by atoms with Crippen molar-refractivity contribution < 1.29 is 8.42 Å². The quantitative estimate of drug-likeness (QED) is 0.593. The van der Waals surface area contributed by atoms with Crippen LogP contribution < -0.4 is 0 Å². The summed E-state index contributed by atoms with van der Waals surface area (Å²) in [6.07, 6.45) is 2.11. The molecule has 3 rings (SSSR count). The van der Waals surface area contributed by atoms with Crippen LogP contribution in [-0.2, 0) is 10.0 Å². The van der Waals surface area contributed by atoms with E-state index in [-0.39, 0.29) is 12.0 Å². The van der Waals surface area contributed by atoms with Crippen LogP contribution in [0.3, 0.4) is 0 Å². The highest BCUT2D eigenvalue weighted by molar-refractivity contribution is 7.89. The van der Waals surface area contributed by atoms with Crippen molar-refractivity contribution in [3.8, 4) is 11.8 Å². The molecule has 0 unspecified atom stereocenters. The molecule has 1 aliphatic rings. The molecular weight excluding hydrogens is 342 g/mol. The third kappa shape index (κ3) is 4.24. The van der Waals surface area contributed by atoms with E-state index in [9.17, 15) is 8.42 Å². The highest BCUT2D eigenvalue weighted by Gasteiger charge is 2.37. The summed E-state index contributed by atoms with van der Waals surface area (Å²) in [6.45, 7) is 6.67. The van der Waals surface area contributed by atoms with Crippen molar-refractivity contribution in [2.75, 3.05) is 13.1 Å². The Labute approximate surface area is 156 Å². The number of rotatable bonds is 5. The van der Waals surface area contributed by atoms with Gasteiger partial charge in [-0.2, -0.15) is 4.31 Å². The lowest BCUT2D eigenvalue weighted by Gasteiger charge is -2.20. The first kappa shape index (κ1) is 18.4. The highest BCUT2D eigenvalue weighted by Crippen LogP contribution is 2.43. The topological polar surface area (TPSA) is 37.4 Å². The predicted octanol–water partition coefficient (Wildman–Crippen LogP) is 4.00. The second-order valence-corrected chi connectivity index (χ2v) is 9.08. The predicted molar refractivity (Wildman–Crippen MR) is 105 cm³/mol. The van der Waals surface area contributed by atoms with Gasteiger partial charge >= 0.3 is 0 Å². The Balaban J connectivity index is 1.84. The van der Waals surface area contributed by atoms with E-state index < -0.39 is 10.0 Å². The fraction of sp³-hybridized carbons (Fsp3) is 0.273. The van der Waals surface area contributed by atoms with Crippen LogP contribution in [0.1, 0.15) is 25.0 Å². The molecule has 0 fully saturated rings. The average molecular weight is 365 g/mol. The maximum atomic E-state index is 13.1. The van der Waals surface area contributed by atoms with Crippen molar-refractivity contribution in [3.05, 3.63) is 77.4 Å². The van der Waals surface area contributed by atoms with Gasteiger partial charge in [0.2, 0.25) is 10.0 Å². The normalized spacial score (nSPS) is 15.2. The Morgan fingerprint density at radius 2 is 1.62 bits per heavy atom. The lowest BCUT2D eigenvalue weighted by molar-refractivity contribution is 0.463. The molecule has 0 saturated carbocycles. The van der Waals surface area contributed by atoms with E-state index in [2.05, 4.69) is 31.8 Å². The van der Waals surface area contributed by atoms with Crippen LogP contribution in [0.2, 0.25) is 0 Å². The summed E-state index contributed by atoms with van der Waals surface area (Å²) in [4.78, 5) is 0.309. The van der Waals surface area contributed by atoms with Crippen molar-refractivity contribution in [2.24, 2.45) is 5.41 Å². The molecule has 0 aromatic heterocycles. The maximum Gasteiger partial charge on any atom is 0.244 e. The van der Waals surface area contributed by atoms with Gasteiger partial charge in [0, 0.05) is 17.5 Å². The van der Waals surface area contributed by atoms with Gasteiger partial charge in [-0.3, -0.25) is 0 Å². The van der Waals surface area contributed by atoms with Gasteiger partial charge in [0.1, 0.15) is 0 Å². The Kier molecular flexibility index (Phi) is 5.04. The SMILES string of the molecule is Cc1ccc(S(=O)(=O)N(CC#Cc2ccccc2)CC2=CC2(C)C)cc1. The van der Waals surface area contributed by atoms with Crippen LogP contribution in [0.5, 0.6) is 0 Å². The molecule has 3 nitrogen and oxygen atoms in total. The summed E-state index contributed by atoms with van der Waals surface area (Å²) < 4.78 is 27.6. The molecule has 4 heteroatoms. The second-order valence-electron chi connectivity index (χ2n) is 7.15. The van der Waals surface area contributed by atoms with Crippen molar-refractivity contribution in [3.63, 3.8) is 0 Å². The summed E-state index contributed by atoms with van der Waals surface area (Å²) in [7, 11) is -3.59. The van der Waals surface area contributed by atoms with Gasteiger partial charge in [-0.1, -0.05) is 67.7 Å². The molecule has 0 heterocycles. The van der Waals surface area contributed by atoms with Gasteiger partial charge < -0.3 is 0 Å². The third-order valence-corrected chi connectivity index (χ3v) is 6.35. The second kappa shape index (κ2) is 7.11. The van der Waals surface area contributed by atoms with Crippen LogP contribution in [0.15, 0.2) is 71.1 Å². The molecule has 2 aromatic rings. The molecule has 0 saturated heterocycles. The molecule has 0 spiro atoms. The summed E-state index contributed by atoms with van der Waals surface area (Å²) in [6, 6.07) is 16.6. The first-order valence-corrected chi connectivity index (χ1v) is 10.1. The molecule has 0 bridgehead atoms. The van der Waals surface area contributed by atoms with Gasteiger partial charge in [-0.05, 0) is 36.8 Å². The van der Waals surface area contributed by atoms with Crippen LogP contribution in [0.25, 0.3) is 0 Å². The van der Waals surface area contributed by atoms with E-state index >= 15 is 0 Å². The molecule has 0 atom stereocenters. The first-order chi connectivity index (χ1) is 12.3. The molecule has 134 valence electrons. The van der Waals surface area contributed by atoms with Gasteiger partial charge in [-0.15, -0.1) is 0 Å². The van der Waals surface area contributed by atoms with E-state index in [4.69, 9.17) is 0 Å². The zero-order chi connectivity index (χ0) is 18.8. The largest absolute Gasteiger partial charge is 0.244 e. The molecule has 1 aliphatic carbocycles. The minimum atomic E-state index is -3.59. The number of allylic oxidation sites excluding steroid dienone is 1. The minimum absolute atomic E-state index is 0.00784. The smallest absolute Gasteiger partial charge is 0.207 e. The van der Waals surface area contributed by atoms with E-state index in [1.54, 1.807) is 12.1 Å². The molecule has 2 aromatic carbocycles. The fourth-order valence-electron chi connectivity index (χ4n) is 2.68.